The largest absolute Gasteiger partial charge is 0.459 e. The number of rotatable bonds is 8. The van der Waals surface area contributed by atoms with Gasteiger partial charge in [-0.3, -0.25) is 9.59 Å². The molecule has 0 radical (unpaired) electrons. The number of Topliss-reactive ketones (excluding diaryl/α,β-unsaturated/α-hetero) is 1. The maximum absolute atomic E-state index is 14.2. The number of carbonyl (C=O) groups is 2. The second-order valence-corrected chi connectivity index (χ2v) is 13.4. The summed E-state index contributed by atoms with van der Waals surface area (Å²) in [6, 6.07) is -0.288. The van der Waals surface area contributed by atoms with Gasteiger partial charge in [-0.1, -0.05) is 33.8 Å². The van der Waals surface area contributed by atoms with Crippen molar-refractivity contribution in [2.24, 2.45) is 23.7 Å². The average Bonchev–Trinajstić information content (AvgIpc) is 2.97. The van der Waals surface area contributed by atoms with Crippen LogP contribution in [0, 0.1) is 29.1 Å². The number of nitrogens with zero attached hydrogens (tertiary/aromatic N) is 1. The molecule has 0 aromatic rings. The molecule has 0 aromatic carbocycles. The standard InChI is InChI=1S/C33H58N2O9/c1-11-24(17-36)18-41-33(44-31-29(38)26(35(9)10)16-21(5)42-31)20(4)15-19(3)25(34)13-14-32(8,40)27(12-2)43-30(39)22(6)28(37)23(33)7/h11,19-23,26-27,29,31,34,36,38,40H,12-18H2,1-10H3/b24-11+,34-25?/t19-,20+,21-,22-,23+,26?,27-,29-,31+,32?,33-/m1/s1. The highest BCUT2D eigenvalue weighted by Crippen LogP contribution is 2.42. The molecule has 11 nitrogen and oxygen atoms in total. The maximum atomic E-state index is 14.2. The Morgan fingerprint density at radius 3 is 2.34 bits per heavy atom. The predicted octanol–water partition coefficient (Wildman–Crippen LogP) is 3.47. The van der Waals surface area contributed by atoms with Gasteiger partial charge < -0.3 is 44.6 Å². The normalized spacial score (nSPS) is 40.5. The Kier molecular flexibility index (Phi) is 14.2. The van der Waals surface area contributed by atoms with Crippen molar-refractivity contribution in [3.63, 3.8) is 0 Å². The van der Waals surface area contributed by atoms with Crippen molar-refractivity contribution >= 4 is 17.5 Å². The molecule has 11 heteroatoms. The molecule has 0 amide bonds. The summed E-state index contributed by atoms with van der Waals surface area (Å²) in [6.07, 6.45) is 0.118. The van der Waals surface area contributed by atoms with Gasteiger partial charge in [-0.15, -0.1) is 0 Å². The molecule has 2 fully saturated rings. The minimum atomic E-state index is -1.72. The minimum absolute atomic E-state index is 0.0735. The molecule has 2 unspecified atom stereocenters. The second kappa shape index (κ2) is 16.2. The maximum Gasteiger partial charge on any atom is 0.316 e. The smallest absolute Gasteiger partial charge is 0.316 e. The minimum Gasteiger partial charge on any atom is -0.459 e. The lowest BCUT2D eigenvalue weighted by Gasteiger charge is -2.49. The number of hydrogen-bond donors (Lipinski definition) is 4. The number of esters is 1. The number of allylic oxidation sites excluding steroid dienone is 1. The summed E-state index contributed by atoms with van der Waals surface area (Å²) >= 11 is 0. The molecule has 4 N–H and O–H groups in total. The Labute approximate surface area is 263 Å². The number of nitrogens with one attached hydrogen (secondary N) is 1. The molecule has 254 valence electrons. The number of aliphatic hydroxyl groups is 3. The van der Waals surface area contributed by atoms with Crippen LogP contribution in [0.1, 0.15) is 87.5 Å². The van der Waals surface area contributed by atoms with Gasteiger partial charge >= 0.3 is 5.97 Å². The van der Waals surface area contributed by atoms with E-state index < -0.39 is 59.4 Å². The van der Waals surface area contributed by atoms with E-state index in [1.807, 2.05) is 39.8 Å². The molecule has 0 saturated carbocycles. The van der Waals surface area contributed by atoms with Gasteiger partial charge in [0.25, 0.3) is 0 Å². The first-order valence-corrected chi connectivity index (χ1v) is 16.1. The van der Waals surface area contributed by atoms with Crippen LogP contribution in [0.4, 0.5) is 0 Å². The monoisotopic (exact) mass is 626 g/mol. The van der Waals surface area contributed by atoms with Crippen LogP contribution in [-0.4, -0.2) is 107 Å². The van der Waals surface area contributed by atoms with Gasteiger partial charge in [-0.25, -0.2) is 0 Å². The lowest BCUT2D eigenvalue weighted by atomic mass is 9.77. The van der Waals surface area contributed by atoms with Crippen LogP contribution >= 0.6 is 0 Å². The van der Waals surface area contributed by atoms with Gasteiger partial charge in [-0.05, 0) is 85.4 Å². The number of ether oxygens (including phenoxy) is 4. The van der Waals surface area contributed by atoms with E-state index in [1.165, 1.54) is 6.92 Å². The molecule has 0 spiro atoms. The molecular formula is C33H58N2O9. The zero-order chi connectivity index (χ0) is 33.6. The van der Waals surface area contributed by atoms with Gasteiger partial charge in [0.2, 0.25) is 0 Å². The molecule has 2 heterocycles. The summed E-state index contributed by atoms with van der Waals surface area (Å²) < 4.78 is 25.1. The van der Waals surface area contributed by atoms with Crippen molar-refractivity contribution in [3.8, 4) is 0 Å². The Morgan fingerprint density at radius 1 is 1.16 bits per heavy atom. The molecule has 44 heavy (non-hydrogen) atoms. The first kappa shape index (κ1) is 38.5. The SMILES string of the molecule is C/C=C(\CO)CO[C@@]1(O[C@@H]2O[C@H](C)CC(N(C)C)[C@H]2O)[C@@H](C)C[C@@H](C)C(=N)CCC(C)(O)[C@@H](CC)OC(=O)[C@H](C)C(=O)[C@@H]1C. The summed E-state index contributed by atoms with van der Waals surface area (Å²) in [5.74, 6) is -6.08. The molecule has 0 aromatic heterocycles. The quantitative estimate of drug-likeness (QED) is 0.136. The molecule has 2 saturated heterocycles. The Bertz CT molecular complexity index is 1020. The van der Waals surface area contributed by atoms with Crippen molar-refractivity contribution < 1.29 is 43.9 Å². The number of ketones is 1. The van der Waals surface area contributed by atoms with Gasteiger partial charge in [0, 0.05) is 17.7 Å². The zero-order valence-electron chi connectivity index (χ0n) is 28.5. The summed E-state index contributed by atoms with van der Waals surface area (Å²) in [6.45, 7) is 13.6. The fourth-order valence-corrected chi connectivity index (χ4v) is 6.41. The summed E-state index contributed by atoms with van der Waals surface area (Å²) in [5.41, 5.74) is -0.417. The van der Waals surface area contributed by atoms with E-state index in [1.54, 1.807) is 33.8 Å². The highest BCUT2D eigenvalue weighted by Gasteiger charge is 2.54. The zero-order valence-corrected chi connectivity index (χ0v) is 28.5. The van der Waals surface area contributed by atoms with Crippen molar-refractivity contribution in [1.29, 1.82) is 5.41 Å². The van der Waals surface area contributed by atoms with E-state index in [9.17, 15) is 24.9 Å². The van der Waals surface area contributed by atoms with Crippen LogP contribution in [0.3, 0.4) is 0 Å². The van der Waals surface area contributed by atoms with Crippen LogP contribution in [0.2, 0.25) is 0 Å². The number of likely N-dealkylation sites (N-methyl/N-ethyl adjacent to an activating group) is 1. The van der Waals surface area contributed by atoms with Crippen LogP contribution in [0.5, 0.6) is 0 Å². The van der Waals surface area contributed by atoms with E-state index in [-0.39, 0.29) is 44.1 Å². The Balaban J connectivity index is 2.71. The number of carbonyl (C=O) groups excluding carboxylic acids is 2. The third kappa shape index (κ3) is 8.96. The first-order valence-electron chi connectivity index (χ1n) is 16.1. The van der Waals surface area contributed by atoms with Crippen molar-refractivity contribution in [2.75, 3.05) is 27.3 Å². The van der Waals surface area contributed by atoms with Gasteiger partial charge in [-0.2, -0.15) is 0 Å². The molecule has 2 aliphatic rings. The third-order valence-corrected chi connectivity index (χ3v) is 9.69. The van der Waals surface area contributed by atoms with Crippen LogP contribution in [0.15, 0.2) is 11.6 Å². The third-order valence-electron chi connectivity index (χ3n) is 9.69. The van der Waals surface area contributed by atoms with Gasteiger partial charge in [0.1, 0.15) is 18.1 Å². The Hall–Kier alpha value is -1.73. The van der Waals surface area contributed by atoms with E-state index in [0.29, 0.717) is 30.5 Å². The molecule has 2 rings (SSSR count). The van der Waals surface area contributed by atoms with Gasteiger partial charge in [0.05, 0.1) is 30.8 Å². The topological polar surface area (TPSA) is 159 Å². The number of aliphatic hydroxyl groups excluding tert-OH is 2. The fraction of sp³-hybridized carbons (Fsp3) is 0.848. The highest BCUT2D eigenvalue weighted by atomic mass is 16.8. The molecule has 2 aliphatic heterocycles. The van der Waals surface area contributed by atoms with Crippen molar-refractivity contribution in [1.82, 2.24) is 4.90 Å². The van der Waals surface area contributed by atoms with Crippen molar-refractivity contribution in [2.45, 2.75) is 130 Å². The second-order valence-electron chi connectivity index (χ2n) is 13.4. The van der Waals surface area contributed by atoms with E-state index in [0.717, 1.165) is 0 Å². The number of hydrogen-bond acceptors (Lipinski definition) is 11. The van der Waals surface area contributed by atoms with E-state index in [2.05, 4.69) is 0 Å². The van der Waals surface area contributed by atoms with E-state index >= 15 is 0 Å². The molecule has 11 atom stereocenters. The van der Waals surface area contributed by atoms with Crippen LogP contribution < -0.4 is 0 Å². The highest BCUT2D eigenvalue weighted by molar-refractivity contribution is 6.00. The first-order chi connectivity index (χ1) is 20.4. The fourth-order valence-electron chi connectivity index (χ4n) is 6.41. The lowest BCUT2D eigenvalue weighted by Crippen LogP contribution is -2.61. The summed E-state index contributed by atoms with van der Waals surface area (Å²) in [4.78, 5) is 29.5. The summed E-state index contributed by atoms with van der Waals surface area (Å²) in [5, 5.41) is 41.4. The van der Waals surface area contributed by atoms with Crippen LogP contribution in [0.25, 0.3) is 0 Å². The van der Waals surface area contributed by atoms with Crippen molar-refractivity contribution in [3.05, 3.63) is 11.6 Å². The van der Waals surface area contributed by atoms with Crippen LogP contribution in [-0.2, 0) is 28.5 Å². The lowest BCUT2D eigenvalue weighted by molar-refractivity contribution is -0.374. The molecule has 0 bridgehead atoms. The van der Waals surface area contributed by atoms with E-state index in [4.69, 9.17) is 24.4 Å². The average molecular weight is 627 g/mol. The Morgan fingerprint density at radius 2 is 1.80 bits per heavy atom. The van der Waals surface area contributed by atoms with Gasteiger partial charge in [0.15, 0.2) is 17.9 Å². The predicted molar refractivity (Wildman–Crippen MR) is 167 cm³/mol. The number of cyclic esters (lactones) is 1. The molecule has 0 aliphatic carbocycles. The molecular weight excluding hydrogens is 568 g/mol. The summed E-state index contributed by atoms with van der Waals surface area (Å²) in [7, 11) is 3.74.